The number of ether oxygens (including phenoxy) is 1. The van der Waals surface area contributed by atoms with Crippen LogP contribution in [0.2, 0.25) is 0 Å². The molecule has 30 heavy (non-hydrogen) atoms. The molecule has 7 heteroatoms. The Morgan fingerprint density at radius 3 is 2.73 bits per heavy atom. The molecule has 1 aliphatic heterocycles. The minimum absolute atomic E-state index is 0.0486. The Hall–Kier alpha value is -3.22. The van der Waals surface area contributed by atoms with Crippen LogP contribution in [-0.4, -0.2) is 34.0 Å². The van der Waals surface area contributed by atoms with Crippen LogP contribution < -0.4 is 10.3 Å². The Bertz CT molecular complexity index is 1110. The number of methoxy groups -OCH3 is 1. The number of hydrogen-bond acceptors (Lipinski definition) is 4. The summed E-state index contributed by atoms with van der Waals surface area (Å²) in [4.78, 5) is 32.0. The minimum atomic E-state index is -0.502. The molecular weight excluding hydrogens is 385 g/mol. The van der Waals surface area contributed by atoms with Crippen molar-refractivity contribution in [3.05, 3.63) is 70.5 Å². The number of halogens is 1. The molecule has 2 heterocycles. The molecule has 0 bridgehead atoms. The summed E-state index contributed by atoms with van der Waals surface area (Å²) in [6, 6.07) is 11.6. The van der Waals surface area contributed by atoms with Gasteiger partial charge in [0.05, 0.1) is 30.4 Å². The zero-order chi connectivity index (χ0) is 21.1. The van der Waals surface area contributed by atoms with E-state index >= 15 is 0 Å². The molecule has 1 amide bonds. The number of hydrogen-bond donors (Lipinski definition) is 0. The quantitative estimate of drug-likeness (QED) is 0.659. The third-order valence-electron chi connectivity index (χ3n) is 5.67. The maximum atomic E-state index is 13.6. The summed E-state index contributed by atoms with van der Waals surface area (Å²) >= 11 is 0. The van der Waals surface area contributed by atoms with E-state index in [1.54, 1.807) is 7.11 Å². The number of carbonyl (C=O) groups is 1. The van der Waals surface area contributed by atoms with Crippen LogP contribution in [-0.2, 0) is 11.3 Å². The summed E-state index contributed by atoms with van der Waals surface area (Å²) in [5, 5.41) is 0.174. The second kappa shape index (κ2) is 8.65. The smallest absolute Gasteiger partial charge is 0.261 e. The van der Waals surface area contributed by atoms with E-state index in [9.17, 15) is 14.0 Å². The van der Waals surface area contributed by atoms with Gasteiger partial charge in [-0.15, -0.1) is 0 Å². The van der Waals surface area contributed by atoms with Gasteiger partial charge in [0, 0.05) is 6.54 Å². The van der Waals surface area contributed by atoms with Gasteiger partial charge < -0.3 is 9.64 Å². The van der Waals surface area contributed by atoms with Crippen molar-refractivity contribution >= 4 is 16.8 Å². The molecule has 1 aliphatic rings. The van der Waals surface area contributed by atoms with Gasteiger partial charge in [0.25, 0.3) is 5.56 Å². The van der Waals surface area contributed by atoms with Crippen molar-refractivity contribution in [2.45, 2.75) is 38.3 Å². The van der Waals surface area contributed by atoms with Crippen LogP contribution in [0, 0.1) is 5.82 Å². The van der Waals surface area contributed by atoms with Crippen LogP contribution in [0.15, 0.2) is 53.6 Å². The summed E-state index contributed by atoms with van der Waals surface area (Å²) < 4.78 is 20.1. The fraction of sp³-hybridized carbons (Fsp3) is 0.348. The molecule has 0 aliphatic carbocycles. The molecule has 1 fully saturated rings. The molecule has 0 radical (unpaired) electrons. The zero-order valence-corrected chi connectivity index (χ0v) is 16.9. The number of benzene rings is 2. The van der Waals surface area contributed by atoms with E-state index in [0.717, 1.165) is 43.1 Å². The second-order valence-electron chi connectivity index (χ2n) is 7.56. The third-order valence-corrected chi connectivity index (χ3v) is 5.67. The Labute approximate surface area is 173 Å². The van der Waals surface area contributed by atoms with Crippen molar-refractivity contribution in [3.8, 4) is 5.75 Å². The maximum absolute atomic E-state index is 13.6. The molecule has 2 aromatic carbocycles. The van der Waals surface area contributed by atoms with Crippen molar-refractivity contribution in [1.29, 1.82) is 0 Å². The SMILES string of the molecule is COc1ccc([C@H]2CCCCCN2C(=O)Cn2cnc3ccc(F)cc3c2=O)cc1. The molecule has 1 saturated heterocycles. The van der Waals surface area contributed by atoms with E-state index in [-0.39, 0.29) is 23.9 Å². The highest BCUT2D eigenvalue weighted by Crippen LogP contribution is 2.31. The minimum Gasteiger partial charge on any atom is -0.497 e. The molecule has 4 rings (SSSR count). The molecule has 0 N–H and O–H groups in total. The Morgan fingerprint density at radius 2 is 1.97 bits per heavy atom. The highest BCUT2D eigenvalue weighted by atomic mass is 19.1. The molecule has 0 unspecified atom stereocenters. The lowest BCUT2D eigenvalue weighted by Gasteiger charge is -2.31. The van der Waals surface area contributed by atoms with E-state index in [2.05, 4.69) is 4.98 Å². The summed E-state index contributed by atoms with van der Waals surface area (Å²) in [5.41, 5.74) is 1.05. The Morgan fingerprint density at radius 1 is 1.17 bits per heavy atom. The fourth-order valence-corrected chi connectivity index (χ4v) is 4.06. The van der Waals surface area contributed by atoms with Gasteiger partial charge in [0.2, 0.25) is 5.91 Å². The van der Waals surface area contributed by atoms with Crippen molar-refractivity contribution in [1.82, 2.24) is 14.5 Å². The highest BCUT2D eigenvalue weighted by molar-refractivity contribution is 5.79. The van der Waals surface area contributed by atoms with E-state index in [0.29, 0.717) is 12.1 Å². The van der Waals surface area contributed by atoms with Crippen LogP contribution in [0.25, 0.3) is 10.9 Å². The highest BCUT2D eigenvalue weighted by Gasteiger charge is 2.27. The molecule has 6 nitrogen and oxygen atoms in total. The molecule has 0 saturated carbocycles. The van der Waals surface area contributed by atoms with Crippen LogP contribution in [0.5, 0.6) is 5.75 Å². The fourth-order valence-electron chi connectivity index (χ4n) is 4.06. The first-order valence-corrected chi connectivity index (χ1v) is 10.1. The number of nitrogens with zero attached hydrogens (tertiary/aromatic N) is 3. The number of carbonyl (C=O) groups excluding carboxylic acids is 1. The van der Waals surface area contributed by atoms with Crippen LogP contribution in [0.4, 0.5) is 4.39 Å². The first kappa shape index (κ1) is 20.1. The predicted molar refractivity (Wildman–Crippen MR) is 112 cm³/mol. The van der Waals surface area contributed by atoms with Crippen LogP contribution in [0.3, 0.4) is 0 Å². The van der Waals surface area contributed by atoms with E-state index in [1.807, 2.05) is 29.2 Å². The first-order valence-electron chi connectivity index (χ1n) is 10.1. The van der Waals surface area contributed by atoms with Crippen molar-refractivity contribution in [2.75, 3.05) is 13.7 Å². The number of amides is 1. The van der Waals surface area contributed by atoms with Crippen molar-refractivity contribution in [3.63, 3.8) is 0 Å². The van der Waals surface area contributed by atoms with Crippen LogP contribution >= 0.6 is 0 Å². The number of likely N-dealkylation sites (tertiary alicyclic amines) is 1. The van der Waals surface area contributed by atoms with Gasteiger partial charge >= 0.3 is 0 Å². The monoisotopic (exact) mass is 409 g/mol. The Kier molecular flexibility index (Phi) is 5.79. The van der Waals surface area contributed by atoms with Gasteiger partial charge in [-0.05, 0) is 48.7 Å². The molecule has 3 aromatic rings. The summed E-state index contributed by atoms with van der Waals surface area (Å²) in [7, 11) is 1.62. The van der Waals surface area contributed by atoms with E-state index in [1.165, 1.54) is 23.0 Å². The lowest BCUT2D eigenvalue weighted by Crippen LogP contribution is -2.39. The average Bonchev–Trinajstić information content (AvgIpc) is 3.02. The van der Waals surface area contributed by atoms with E-state index in [4.69, 9.17) is 4.74 Å². The second-order valence-corrected chi connectivity index (χ2v) is 7.56. The normalized spacial score (nSPS) is 17.0. The molecule has 1 atom stereocenters. The third kappa shape index (κ3) is 4.06. The van der Waals surface area contributed by atoms with Gasteiger partial charge in [0.15, 0.2) is 0 Å². The lowest BCUT2D eigenvalue weighted by molar-refractivity contribution is -0.134. The average molecular weight is 409 g/mol. The number of aromatic nitrogens is 2. The molecule has 156 valence electrons. The van der Waals surface area contributed by atoms with Gasteiger partial charge in [-0.2, -0.15) is 0 Å². The first-order chi connectivity index (χ1) is 14.6. The van der Waals surface area contributed by atoms with Gasteiger partial charge in [-0.3, -0.25) is 14.2 Å². The number of fused-ring (bicyclic) bond motifs is 1. The zero-order valence-electron chi connectivity index (χ0n) is 16.9. The predicted octanol–water partition coefficient (Wildman–Crippen LogP) is 3.69. The van der Waals surface area contributed by atoms with Crippen molar-refractivity contribution in [2.24, 2.45) is 0 Å². The molecule has 0 spiro atoms. The van der Waals surface area contributed by atoms with Crippen LogP contribution in [0.1, 0.15) is 37.3 Å². The van der Waals surface area contributed by atoms with Crippen molar-refractivity contribution < 1.29 is 13.9 Å². The molecule has 1 aromatic heterocycles. The van der Waals surface area contributed by atoms with Gasteiger partial charge in [-0.25, -0.2) is 9.37 Å². The van der Waals surface area contributed by atoms with Gasteiger partial charge in [-0.1, -0.05) is 25.0 Å². The van der Waals surface area contributed by atoms with E-state index < -0.39 is 11.4 Å². The largest absolute Gasteiger partial charge is 0.497 e. The Balaban J connectivity index is 1.62. The summed E-state index contributed by atoms with van der Waals surface area (Å²) in [6.07, 6.45) is 5.26. The number of rotatable bonds is 4. The lowest BCUT2D eigenvalue weighted by atomic mass is 10.0. The summed E-state index contributed by atoms with van der Waals surface area (Å²) in [6.45, 7) is 0.519. The topological polar surface area (TPSA) is 64.4 Å². The van der Waals surface area contributed by atoms with Gasteiger partial charge in [0.1, 0.15) is 18.1 Å². The standard InChI is InChI=1S/C23H24FN3O3/c1-30-18-9-6-16(7-10-18)21-5-3-2-4-12-27(21)22(28)14-26-15-25-20-11-8-17(24)13-19(20)23(26)29/h6-11,13,15,21H,2-5,12,14H2,1H3/t21-/m1/s1. The molecular formula is C23H24FN3O3. The maximum Gasteiger partial charge on any atom is 0.261 e. The summed E-state index contributed by atoms with van der Waals surface area (Å²) in [5.74, 6) is 0.126.